The number of imidazole rings is 1. The zero-order valence-corrected chi connectivity index (χ0v) is 12.3. The minimum atomic E-state index is 0.535. The predicted molar refractivity (Wildman–Crippen MR) is 85.8 cm³/mol. The Labute approximate surface area is 123 Å². The first kappa shape index (κ1) is 11.3. The summed E-state index contributed by atoms with van der Waals surface area (Å²) in [7, 11) is 0. The van der Waals surface area contributed by atoms with E-state index in [2.05, 4.69) is 71.5 Å². The predicted octanol–water partition coefficient (Wildman–Crippen LogP) is 4.02. The Morgan fingerprint density at radius 3 is 2.67 bits per heavy atom. The molecule has 1 aliphatic heterocycles. The number of para-hydroxylation sites is 1. The van der Waals surface area contributed by atoms with Crippen molar-refractivity contribution >= 4 is 27.3 Å². The summed E-state index contributed by atoms with van der Waals surface area (Å²) in [6.07, 6.45) is 2.33. The van der Waals surface area contributed by atoms with Crippen molar-refractivity contribution in [2.24, 2.45) is 0 Å². The van der Waals surface area contributed by atoms with Crippen LogP contribution < -0.4 is 4.40 Å². The largest absolute Gasteiger partial charge is 0.295 e. The molecule has 3 heterocycles. The van der Waals surface area contributed by atoms with Gasteiger partial charge in [0.15, 0.2) is 0 Å². The molecule has 0 fully saturated rings. The molecule has 5 rings (SSSR count). The van der Waals surface area contributed by atoms with E-state index in [1.54, 1.807) is 0 Å². The van der Waals surface area contributed by atoms with Gasteiger partial charge in [-0.2, -0.15) is 4.40 Å². The minimum Gasteiger partial charge on any atom is -0.222 e. The quantitative estimate of drug-likeness (QED) is 0.322. The van der Waals surface area contributed by atoms with Crippen LogP contribution in [0.3, 0.4) is 0 Å². The summed E-state index contributed by atoms with van der Waals surface area (Å²) in [5, 5.41) is 4.17. The standard InChI is InChI=1S/C19H17N2/c1-12(2)17-11-21-16-9-4-3-7-14(16)15-8-5-6-13-10-20(17)19(21)18(13)15/h3-9,11-12H,10H2,1-2H3/q+1. The zero-order chi connectivity index (χ0) is 14.1. The highest BCUT2D eigenvalue weighted by atomic mass is 15.1. The lowest BCUT2D eigenvalue weighted by molar-refractivity contribution is -0.479. The van der Waals surface area contributed by atoms with Gasteiger partial charge in [-0.05, 0) is 6.07 Å². The topological polar surface area (TPSA) is 9.03 Å². The van der Waals surface area contributed by atoms with E-state index < -0.39 is 0 Å². The molecule has 0 spiro atoms. The Kier molecular flexibility index (Phi) is 1.96. The Bertz CT molecular complexity index is 1040. The molecule has 2 aromatic heterocycles. The number of rotatable bonds is 1. The van der Waals surface area contributed by atoms with Gasteiger partial charge in [-0.3, -0.25) is 0 Å². The fourth-order valence-electron chi connectivity index (χ4n) is 3.88. The van der Waals surface area contributed by atoms with E-state index in [1.165, 1.54) is 38.6 Å². The smallest absolute Gasteiger partial charge is 0.222 e. The number of fused-ring (bicyclic) bond motifs is 3. The van der Waals surface area contributed by atoms with Gasteiger partial charge in [0.25, 0.3) is 5.65 Å². The number of hydrogen-bond acceptors (Lipinski definition) is 0. The monoisotopic (exact) mass is 273 g/mol. The molecular formula is C19H17N2+. The molecule has 102 valence electrons. The summed E-state index contributed by atoms with van der Waals surface area (Å²) in [5.74, 6) is 0.535. The first-order valence-electron chi connectivity index (χ1n) is 7.63. The molecule has 1 aliphatic rings. The lowest BCUT2D eigenvalue weighted by atomic mass is 10.0. The van der Waals surface area contributed by atoms with Gasteiger partial charge in [0.1, 0.15) is 24.0 Å². The van der Waals surface area contributed by atoms with Crippen LogP contribution in [0.2, 0.25) is 0 Å². The van der Waals surface area contributed by atoms with Crippen LogP contribution >= 0.6 is 0 Å². The molecule has 21 heavy (non-hydrogen) atoms. The molecule has 0 saturated carbocycles. The van der Waals surface area contributed by atoms with Gasteiger partial charge >= 0.3 is 0 Å². The van der Waals surface area contributed by atoms with Crippen LogP contribution in [0, 0.1) is 0 Å². The maximum absolute atomic E-state index is 2.49. The molecule has 2 nitrogen and oxygen atoms in total. The van der Waals surface area contributed by atoms with Gasteiger partial charge in [0, 0.05) is 22.3 Å². The van der Waals surface area contributed by atoms with Crippen LogP contribution in [-0.2, 0) is 6.54 Å². The molecule has 2 heteroatoms. The fraction of sp³-hybridized carbons (Fsp3) is 0.211. The highest BCUT2D eigenvalue weighted by molar-refractivity contribution is 6.11. The van der Waals surface area contributed by atoms with Crippen molar-refractivity contribution in [2.75, 3.05) is 0 Å². The van der Waals surface area contributed by atoms with Crippen LogP contribution in [0.4, 0.5) is 0 Å². The van der Waals surface area contributed by atoms with Crippen molar-refractivity contribution < 1.29 is 4.40 Å². The van der Waals surface area contributed by atoms with E-state index in [4.69, 9.17) is 0 Å². The van der Waals surface area contributed by atoms with E-state index in [0.717, 1.165) is 6.54 Å². The van der Waals surface area contributed by atoms with Crippen molar-refractivity contribution in [1.82, 2.24) is 4.57 Å². The molecule has 0 atom stereocenters. The Morgan fingerprint density at radius 2 is 1.81 bits per heavy atom. The van der Waals surface area contributed by atoms with Gasteiger partial charge in [-0.1, -0.05) is 50.2 Å². The van der Waals surface area contributed by atoms with Gasteiger partial charge in [0.2, 0.25) is 0 Å². The Balaban J connectivity index is 2.16. The van der Waals surface area contributed by atoms with Crippen molar-refractivity contribution in [1.29, 1.82) is 0 Å². The third kappa shape index (κ3) is 1.26. The summed E-state index contributed by atoms with van der Waals surface area (Å²) >= 11 is 0. The highest BCUT2D eigenvalue weighted by Gasteiger charge is 2.31. The number of benzene rings is 2. The first-order valence-corrected chi connectivity index (χ1v) is 7.63. The zero-order valence-electron chi connectivity index (χ0n) is 12.3. The second-order valence-electron chi connectivity index (χ2n) is 6.35. The van der Waals surface area contributed by atoms with Crippen molar-refractivity contribution in [3.8, 4) is 0 Å². The Morgan fingerprint density at radius 1 is 1.00 bits per heavy atom. The van der Waals surface area contributed by atoms with Gasteiger partial charge in [-0.25, -0.2) is 4.57 Å². The number of aromatic nitrogens is 2. The molecule has 0 amide bonds. The fourth-order valence-corrected chi connectivity index (χ4v) is 3.88. The van der Waals surface area contributed by atoms with Crippen LogP contribution in [0.25, 0.3) is 27.3 Å². The molecule has 0 unspecified atom stereocenters. The van der Waals surface area contributed by atoms with Gasteiger partial charge in [-0.15, -0.1) is 0 Å². The molecule has 0 N–H and O–H groups in total. The SMILES string of the molecule is CC(C)c1c[n+]2c3ccccc3c3cccc4c3c2n1C4. The van der Waals surface area contributed by atoms with E-state index >= 15 is 0 Å². The van der Waals surface area contributed by atoms with E-state index in [1.807, 2.05) is 0 Å². The highest BCUT2D eigenvalue weighted by Crippen LogP contribution is 2.35. The third-order valence-electron chi connectivity index (χ3n) is 4.81. The maximum atomic E-state index is 2.49. The second kappa shape index (κ2) is 3.64. The van der Waals surface area contributed by atoms with Gasteiger partial charge in [0.05, 0.1) is 5.39 Å². The molecule has 2 aromatic carbocycles. The summed E-state index contributed by atoms with van der Waals surface area (Å²) in [6.45, 7) is 5.56. The van der Waals surface area contributed by atoms with Crippen LogP contribution in [-0.4, -0.2) is 4.57 Å². The van der Waals surface area contributed by atoms with E-state index in [-0.39, 0.29) is 0 Å². The lowest BCUT2D eigenvalue weighted by Crippen LogP contribution is -2.20. The van der Waals surface area contributed by atoms with Crippen LogP contribution in [0.15, 0.2) is 48.7 Å². The average molecular weight is 273 g/mol. The summed E-state index contributed by atoms with van der Waals surface area (Å²) in [6, 6.07) is 15.5. The Hall–Kier alpha value is -2.35. The molecule has 0 bridgehead atoms. The summed E-state index contributed by atoms with van der Waals surface area (Å²) in [5.41, 5.74) is 5.54. The third-order valence-corrected chi connectivity index (χ3v) is 4.81. The molecular weight excluding hydrogens is 256 g/mol. The van der Waals surface area contributed by atoms with E-state index in [9.17, 15) is 0 Å². The maximum Gasteiger partial charge on any atom is 0.295 e. The minimum absolute atomic E-state index is 0.535. The number of hydrogen-bond donors (Lipinski definition) is 0. The van der Waals surface area contributed by atoms with E-state index in [0.29, 0.717) is 5.92 Å². The first-order chi connectivity index (χ1) is 10.3. The normalized spacial score (nSPS) is 13.5. The summed E-state index contributed by atoms with van der Waals surface area (Å²) < 4.78 is 4.89. The molecule has 0 aliphatic carbocycles. The summed E-state index contributed by atoms with van der Waals surface area (Å²) in [4.78, 5) is 0. The second-order valence-corrected chi connectivity index (χ2v) is 6.35. The van der Waals surface area contributed by atoms with Crippen molar-refractivity contribution in [2.45, 2.75) is 26.3 Å². The van der Waals surface area contributed by atoms with Crippen molar-refractivity contribution in [3.05, 3.63) is 59.9 Å². The number of nitrogens with zero attached hydrogens (tertiary/aromatic N) is 2. The molecule has 0 radical (unpaired) electrons. The number of pyridine rings is 1. The molecule has 4 aromatic rings. The lowest BCUT2D eigenvalue weighted by Gasteiger charge is -2.03. The van der Waals surface area contributed by atoms with Gasteiger partial charge < -0.3 is 0 Å². The van der Waals surface area contributed by atoms with Crippen LogP contribution in [0.5, 0.6) is 0 Å². The van der Waals surface area contributed by atoms with Crippen molar-refractivity contribution in [3.63, 3.8) is 0 Å². The average Bonchev–Trinajstić information content (AvgIpc) is 3.04. The van der Waals surface area contributed by atoms with Crippen LogP contribution in [0.1, 0.15) is 31.0 Å². The molecule has 0 saturated heterocycles.